The van der Waals surface area contributed by atoms with E-state index in [0.29, 0.717) is 12.1 Å². The minimum Gasteiger partial charge on any atom is -0.378 e. The summed E-state index contributed by atoms with van der Waals surface area (Å²) in [6, 6.07) is 0.315. The molecule has 0 aromatic rings. The van der Waals surface area contributed by atoms with E-state index in [2.05, 4.69) is 22.5 Å². The summed E-state index contributed by atoms with van der Waals surface area (Å²) in [5.41, 5.74) is 0. The summed E-state index contributed by atoms with van der Waals surface area (Å²) < 4.78 is 30.9. The number of nitrogens with zero attached hydrogens (tertiary/aromatic N) is 2. The van der Waals surface area contributed by atoms with Gasteiger partial charge in [-0.2, -0.15) is 0 Å². The van der Waals surface area contributed by atoms with E-state index in [1.54, 1.807) is 0 Å². The van der Waals surface area contributed by atoms with Gasteiger partial charge in [-0.05, 0) is 51.9 Å². The number of aliphatic imine (C=N–C) groups is 1. The molecule has 0 bridgehead atoms. The molecule has 2 rings (SSSR count). The van der Waals surface area contributed by atoms with Gasteiger partial charge in [0.2, 0.25) is 0 Å². The summed E-state index contributed by atoms with van der Waals surface area (Å²) in [5.74, 6) is 0.855. The number of piperidine rings is 1. The Hall–Kier alpha value is -0.220. The molecule has 1 saturated carbocycles. The number of halogens is 3. The summed E-state index contributed by atoms with van der Waals surface area (Å²) in [4.78, 5) is 6.53. The number of likely N-dealkylation sites (tertiary alicyclic amines) is 1. The van der Waals surface area contributed by atoms with Crippen molar-refractivity contribution in [2.45, 2.75) is 89.7 Å². The molecule has 0 unspecified atom stereocenters. The molecule has 5 nitrogen and oxygen atoms in total. The Morgan fingerprint density at radius 2 is 1.79 bits per heavy atom. The number of hydrogen-bond acceptors (Lipinski definition) is 3. The van der Waals surface area contributed by atoms with Crippen LogP contribution in [0.1, 0.15) is 71.1 Å². The molecule has 1 aliphatic heterocycles. The topological polar surface area (TPSA) is 48.9 Å². The lowest BCUT2D eigenvalue weighted by molar-refractivity contribution is 0.0264. The first kappa shape index (κ1) is 26.8. The molecule has 2 N–H and O–H groups in total. The van der Waals surface area contributed by atoms with E-state index in [-0.39, 0.29) is 30.5 Å². The van der Waals surface area contributed by atoms with Gasteiger partial charge in [-0.15, -0.1) is 24.0 Å². The molecular formula is C21H41F2IN4O. The molecule has 172 valence electrons. The number of rotatable bonds is 11. The van der Waals surface area contributed by atoms with Crippen LogP contribution in [0.3, 0.4) is 0 Å². The second kappa shape index (κ2) is 16.5. The van der Waals surface area contributed by atoms with E-state index in [0.717, 1.165) is 70.8 Å². The zero-order valence-corrected chi connectivity index (χ0v) is 20.3. The maximum Gasteiger partial charge on any atom is 0.251 e. The second-order valence-corrected chi connectivity index (χ2v) is 8.06. The van der Waals surface area contributed by atoms with E-state index in [1.807, 2.05) is 4.90 Å². The van der Waals surface area contributed by atoms with Crippen molar-refractivity contribution in [3.63, 3.8) is 0 Å². The van der Waals surface area contributed by atoms with Crippen LogP contribution in [0.4, 0.5) is 8.78 Å². The van der Waals surface area contributed by atoms with Crippen LogP contribution in [0.25, 0.3) is 0 Å². The molecule has 0 aromatic carbocycles. The summed E-state index contributed by atoms with van der Waals surface area (Å²) >= 11 is 0. The minimum atomic E-state index is -2.24. The van der Waals surface area contributed by atoms with E-state index >= 15 is 0 Å². The van der Waals surface area contributed by atoms with E-state index in [9.17, 15) is 8.78 Å². The van der Waals surface area contributed by atoms with Gasteiger partial charge in [-0.1, -0.05) is 19.3 Å². The highest BCUT2D eigenvalue weighted by Crippen LogP contribution is 2.20. The number of ether oxygens (including phenoxy) is 1. The molecule has 1 heterocycles. The van der Waals surface area contributed by atoms with Crippen LogP contribution < -0.4 is 10.6 Å². The Balaban J connectivity index is 0.00000420. The van der Waals surface area contributed by atoms with Crippen LogP contribution in [-0.4, -0.2) is 68.8 Å². The predicted molar refractivity (Wildman–Crippen MR) is 127 cm³/mol. The number of unbranched alkanes of at least 4 members (excludes halogenated alkanes) is 2. The summed E-state index contributed by atoms with van der Waals surface area (Å²) in [7, 11) is 0. The molecule has 2 fully saturated rings. The van der Waals surface area contributed by atoms with E-state index < -0.39 is 6.43 Å². The van der Waals surface area contributed by atoms with Gasteiger partial charge in [0.25, 0.3) is 6.43 Å². The summed E-state index contributed by atoms with van der Waals surface area (Å²) in [6.45, 7) is 5.92. The fourth-order valence-corrected chi connectivity index (χ4v) is 4.03. The third-order valence-corrected chi connectivity index (χ3v) is 5.65. The van der Waals surface area contributed by atoms with Crippen molar-refractivity contribution in [3.8, 4) is 0 Å². The monoisotopic (exact) mass is 530 g/mol. The van der Waals surface area contributed by atoms with Gasteiger partial charge in [0.1, 0.15) is 0 Å². The number of alkyl halides is 2. The first-order valence-electron chi connectivity index (χ1n) is 11.3. The normalized spacial score (nSPS) is 19.9. The molecule has 0 amide bonds. The van der Waals surface area contributed by atoms with Crippen LogP contribution in [0.2, 0.25) is 0 Å². The van der Waals surface area contributed by atoms with Crippen molar-refractivity contribution in [2.75, 3.05) is 39.3 Å². The number of guanidine groups is 1. The largest absolute Gasteiger partial charge is 0.378 e. The number of hydrogen-bond donors (Lipinski definition) is 2. The molecule has 0 atom stereocenters. The van der Waals surface area contributed by atoms with Crippen molar-refractivity contribution < 1.29 is 13.5 Å². The van der Waals surface area contributed by atoms with Crippen LogP contribution in [0.5, 0.6) is 0 Å². The van der Waals surface area contributed by atoms with Gasteiger partial charge in [0.05, 0.1) is 12.6 Å². The minimum absolute atomic E-state index is 0. The van der Waals surface area contributed by atoms with Crippen LogP contribution in [0.15, 0.2) is 4.99 Å². The molecule has 1 saturated heterocycles. The highest BCUT2D eigenvalue weighted by Gasteiger charge is 2.21. The fourth-order valence-electron chi connectivity index (χ4n) is 4.03. The molecule has 1 aliphatic carbocycles. The molecule has 0 radical (unpaired) electrons. The van der Waals surface area contributed by atoms with Gasteiger partial charge in [0.15, 0.2) is 5.96 Å². The lowest BCUT2D eigenvalue weighted by Gasteiger charge is -2.32. The van der Waals surface area contributed by atoms with E-state index in [4.69, 9.17) is 4.74 Å². The van der Waals surface area contributed by atoms with Gasteiger partial charge in [-0.25, -0.2) is 8.78 Å². The summed E-state index contributed by atoms with van der Waals surface area (Å²) in [6.07, 6.45) is 9.85. The Morgan fingerprint density at radius 3 is 2.45 bits per heavy atom. The number of nitrogens with one attached hydrogen (secondary N) is 2. The zero-order valence-electron chi connectivity index (χ0n) is 18.0. The Labute approximate surface area is 192 Å². The van der Waals surface area contributed by atoms with Crippen molar-refractivity contribution in [1.82, 2.24) is 15.5 Å². The molecule has 0 aromatic heterocycles. The van der Waals surface area contributed by atoms with Crippen molar-refractivity contribution >= 4 is 29.9 Å². The zero-order chi connectivity index (χ0) is 20.0. The molecule has 8 heteroatoms. The average Bonchev–Trinajstić information content (AvgIpc) is 2.69. The van der Waals surface area contributed by atoms with Crippen molar-refractivity contribution in [2.24, 2.45) is 4.99 Å². The third-order valence-electron chi connectivity index (χ3n) is 5.65. The third kappa shape index (κ3) is 12.3. The SMILES string of the molecule is CCNC(=NCCCCCOC1CCCCC1)NC1CCN(CC(F)F)CC1.I. The molecule has 0 spiro atoms. The van der Waals surface area contributed by atoms with Crippen LogP contribution >= 0.6 is 24.0 Å². The van der Waals surface area contributed by atoms with Crippen LogP contribution in [0, 0.1) is 0 Å². The Kier molecular flexibility index (Phi) is 15.2. The first-order valence-corrected chi connectivity index (χ1v) is 11.3. The smallest absolute Gasteiger partial charge is 0.251 e. The van der Waals surface area contributed by atoms with E-state index in [1.165, 1.54) is 32.1 Å². The molecular weight excluding hydrogens is 489 g/mol. The second-order valence-electron chi connectivity index (χ2n) is 8.06. The lowest BCUT2D eigenvalue weighted by atomic mass is 9.98. The quantitative estimate of drug-likeness (QED) is 0.180. The Morgan fingerprint density at radius 1 is 1.07 bits per heavy atom. The van der Waals surface area contributed by atoms with Crippen LogP contribution in [-0.2, 0) is 4.74 Å². The highest BCUT2D eigenvalue weighted by molar-refractivity contribution is 14.0. The fraction of sp³-hybridized carbons (Fsp3) is 0.952. The highest BCUT2D eigenvalue weighted by atomic mass is 127. The molecule has 29 heavy (non-hydrogen) atoms. The standard InChI is InChI=1S/C21H40F2N4O.HI/c1-2-24-21(26-18-11-14-27(15-12-18)17-20(22)23)25-13-7-4-8-16-28-19-9-5-3-6-10-19;/h18-20H,2-17H2,1H3,(H2,24,25,26);1H. The van der Waals surface area contributed by atoms with Crippen molar-refractivity contribution in [1.29, 1.82) is 0 Å². The van der Waals surface area contributed by atoms with Gasteiger partial charge in [0, 0.05) is 38.8 Å². The predicted octanol–water partition coefficient (Wildman–Crippen LogP) is 4.41. The first-order chi connectivity index (χ1) is 13.7. The maximum atomic E-state index is 12.5. The van der Waals surface area contributed by atoms with Gasteiger partial charge in [-0.3, -0.25) is 9.89 Å². The van der Waals surface area contributed by atoms with Crippen molar-refractivity contribution in [3.05, 3.63) is 0 Å². The van der Waals surface area contributed by atoms with Gasteiger partial charge >= 0.3 is 0 Å². The average molecular weight is 530 g/mol. The Bertz CT molecular complexity index is 429. The molecule has 2 aliphatic rings. The van der Waals surface area contributed by atoms with Gasteiger partial charge < -0.3 is 15.4 Å². The summed E-state index contributed by atoms with van der Waals surface area (Å²) in [5, 5.41) is 6.77. The maximum absolute atomic E-state index is 12.5. The lowest BCUT2D eigenvalue weighted by Crippen LogP contribution is -2.49.